The van der Waals surface area contributed by atoms with Gasteiger partial charge >= 0.3 is 10.1 Å². The molecule has 0 saturated heterocycles. The minimum absolute atomic E-state index is 0.0350. The van der Waals surface area contributed by atoms with Crippen LogP contribution in [0.2, 0.25) is 0 Å². The molecule has 3 rings (SSSR count). The molecule has 2 aromatic carbocycles. The first-order valence-corrected chi connectivity index (χ1v) is 8.83. The molecule has 22 heavy (non-hydrogen) atoms. The highest BCUT2D eigenvalue weighted by molar-refractivity contribution is 7.87. The summed E-state index contributed by atoms with van der Waals surface area (Å²) < 4.78 is 29.6. The molecule has 0 spiro atoms. The van der Waals surface area contributed by atoms with Gasteiger partial charge in [-0.1, -0.05) is 24.3 Å². The van der Waals surface area contributed by atoms with Gasteiger partial charge in [0.15, 0.2) is 0 Å². The Morgan fingerprint density at radius 2 is 1.77 bits per heavy atom. The lowest BCUT2D eigenvalue weighted by Gasteiger charge is -2.09. The third-order valence-corrected chi connectivity index (χ3v) is 5.02. The molecular weight excluding hydrogens is 318 g/mol. The summed E-state index contributed by atoms with van der Waals surface area (Å²) in [6.07, 6.45) is 0. The summed E-state index contributed by atoms with van der Waals surface area (Å²) in [5.74, 6) is 0.267. The number of benzene rings is 2. The number of anilines is 1. The van der Waals surface area contributed by atoms with Gasteiger partial charge in [-0.2, -0.15) is 19.8 Å². The summed E-state index contributed by atoms with van der Waals surface area (Å²) in [5, 5.41) is 3.90. The first-order chi connectivity index (χ1) is 10.6. The van der Waals surface area contributed by atoms with Crippen LogP contribution in [-0.4, -0.2) is 8.42 Å². The van der Waals surface area contributed by atoms with E-state index >= 15 is 0 Å². The summed E-state index contributed by atoms with van der Waals surface area (Å²) >= 11 is 1.56. The van der Waals surface area contributed by atoms with Crippen molar-refractivity contribution in [3.63, 3.8) is 0 Å². The van der Waals surface area contributed by atoms with E-state index in [2.05, 4.69) is 0 Å². The SMILES string of the molecule is Nc1cc(S(=O)(=O)Oc2ccccc2)ccc1-c1ccsc1. The molecule has 4 nitrogen and oxygen atoms in total. The lowest BCUT2D eigenvalue weighted by atomic mass is 10.1. The van der Waals surface area contributed by atoms with Crippen molar-refractivity contribution in [3.05, 3.63) is 65.4 Å². The van der Waals surface area contributed by atoms with Gasteiger partial charge in [-0.05, 0) is 46.7 Å². The molecule has 0 aliphatic rings. The van der Waals surface area contributed by atoms with Gasteiger partial charge in [-0.3, -0.25) is 0 Å². The quantitative estimate of drug-likeness (QED) is 0.584. The second-order valence-electron chi connectivity index (χ2n) is 4.61. The number of nitrogens with two attached hydrogens (primary N) is 1. The Bertz CT molecular complexity index is 873. The molecule has 0 aliphatic heterocycles. The molecule has 0 amide bonds. The Hall–Kier alpha value is -2.31. The van der Waals surface area contributed by atoms with Crippen molar-refractivity contribution in [1.82, 2.24) is 0 Å². The number of hydrogen-bond donors (Lipinski definition) is 1. The average Bonchev–Trinajstić information content (AvgIpc) is 3.01. The zero-order valence-electron chi connectivity index (χ0n) is 11.5. The second kappa shape index (κ2) is 5.82. The Labute approximate surface area is 132 Å². The molecule has 6 heteroatoms. The predicted molar refractivity (Wildman–Crippen MR) is 88.4 cm³/mol. The molecule has 0 radical (unpaired) electrons. The highest BCUT2D eigenvalue weighted by Gasteiger charge is 2.18. The molecule has 1 aromatic heterocycles. The van der Waals surface area contributed by atoms with Crippen LogP contribution >= 0.6 is 11.3 Å². The monoisotopic (exact) mass is 331 g/mol. The highest BCUT2D eigenvalue weighted by Crippen LogP contribution is 2.30. The minimum Gasteiger partial charge on any atom is -0.398 e. The Morgan fingerprint density at radius 3 is 2.41 bits per heavy atom. The lowest BCUT2D eigenvalue weighted by Crippen LogP contribution is -2.10. The van der Waals surface area contributed by atoms with Crippen molar-refractivity contribution in [2.75, 3.05) is 5.73 Å². The largest absolute Gasteiger partial charge is 0.398 e. The van der Waals surface area contributed by atoms with Crippen LogP contribution < -0.4 is 9.92 Å². The van der Waals surface area contributed by atoms with Crippen molar-refractivity contribution in [2.45, 2.75) is 4.90 Å². The fraction of sp³-hybridized carbons (Fsp3) is 0. The number of nitrogen functional groups attached to an aromatic ring is 1. The van der Waals surface area contributed by atoms with Gasteiger partial charge in [-0.25, -0.2) is 0 Å². The van der Waals surface area contributed by atoms with Gasteiger partial charge in [0.05, 0.1) is 0 Å². The van der Waals surface area contributed by atoms with E-state index in [1.807, 2.05) is 16.8 Å². The normalized spacial score (nSPS) is 11.3. The van der Waals surface area contributed by atoms with Gasteiger partial charge in [0.2, 0.25) is 0 Å². The van der Waals surface area contributed by atoms with Crippen LogP contribution in [0.3, 0.4) is 0 Å². The molecule has 2 N–H and O–H groups in total. The molecule has 1 heterocycles. The van der Waals surface area contributed by atoms with E-state index in [0.717, 1.165) is 11.1 Å². The van der Waals surface area contributed by atoms with Gasteiger partial charge in [0.1, 0.15) is 10.6 Å². The van der Waals surface area contributed by atoms with E-state index in [-0.39, 0.29) is 10.6 Å². The fourth-order valence-corrected chi connectivity index (χ4v) is 3.65. The smallest absolute Gasteiger partial charge is 0.339 e. The predicted octanol–water partition coefficient (Wildman–Crippen LogP) is 3.77. The molecule has 112 valence electrons. The highest BCUT2D eigenvalue weighted by atomic mass is 32.2. The molecule has 0 saturated carbocycles. The number of para-hydroxylation sites is 1. The van der Waals surface area contributed by atoms with E-state index in [1.165, 1.54) is 12.1 Å². The van der Waals surface area contributed by atoms with E-state index in [4.69, 9.17) is 9.92 Å². The van der Waals surface area contributed by atoms with Crippen LogP contribution in [-0.2, 0) is 10.1 Å². The maximum absolute atomic E-state index is 12.3. The molecule has 3 aromatic rings. The standard InChI is InChI=1S/C16H13NO3S2/c17-16-10-14(6-7-15(16)12-8-9-21-11-12)22(18,19)20-13-4-2-1-3-5-13/h1-11H,17H2. The summed E-state index contributed by atoms with van der Waals surface area (Å²) in [4.78, 5) is 0.0350. The van der Waals surface area contributed by atoms with Gasteiger partial charge < -0.3 is 9.92 Å². The van der Waals surface area contributed by atoms with Gasteiger partial charge in [-0.15, -0.1) is 0 Å². The third-order valence-electron chi connectivity index (χ3n) is 3.09. The minimum atomic E-state index is -3.90. The van der Waals surface area contributed by atoms with Crippen molar-refractivity contribution in [2.24, 2.45) is 0 Å². The summed E-state index contributed by atoms with van der Waals surface area (Å²) in [7, 11) is -3.90. The number of hydrogen-bond acceptors (Lipinski definition) is 5. The number of rotatable bonds is 4. The second-order valence-corrected chi connectivity index (χ2v) is 6.94. The fourth-order valence-electron chi connectivity index (χ4n) is 2.03. The van der Waals surface area contributed by atoms with Crippen molar-refractivity contribution in [3.8, 4) is 16.9 Å². The summed E-state index contributed by atoms with van der Waals surface area (Å²) in [5.41, 5.74) is 8.16. The maximum Gasteiger partial charge on any atom is 0.339 e. The summed E-state index contributed by atoms with van der Waals surface area (Å²) in [6, 6.07) is 14.9. The zero-order chi connectivity index (χ0) is 15.6. The Balaban J connectivity index is 1.93. The Morgan fingerprint density at radius 1 is 1.00 bits per heavy atom. The first-order valence-electron chi connectivity index (χ1n) is 6.48. The van der Waals surface area contributed by atoms with E-state index < -0.39 is 10.1 Å². The zero-order valence-corrected chi connectivity index (χ0v) is 13.1. The number of thiophene rings is 1. The van der Waals surface area contributed by atoms with Gasteiger partial charge in [0.25, 0.3) is 0 Å². The van der Waals surface area contributed by atoms with Crippen molar-refractivity contribution >= 4 is 27.1 Å². The van der Waals surface area contributed by atoms with Crippen LogP contribution in [0, 0.1) is 0 Å². The van der Waals surface area contributed by atoms with Crippen LogP contribution in [0.15, 0.2) is 70.3 Å². The van der Waals surface area contributed by atoms with Crippen LogP contribution in [0.25, 0.3) is 11.1 Å². The van der Waals surface area contributed by atoms with Crippen molar-refractivity contribution in [1.29, 1.82) is 0 Å². The van der Waals surface area contributed by atoms with Crippen molar-refractivity contribution < 1.29 is 12.6 Å². The molecule has 0 unspecified atom stereocenters. The van der Waals surface area contributed by atoms with E-state index in [9.17, 15) is 8.42 Å². The maximum atomic E-state index is 12.3. The van der Waals surface area contributed by atoms with E-state index in [0.29, 0.717) is 5.69 Å². The Kier molecular flexibility index (Phi) is 3.87. The molecule has 0 fully saturated rings. The first kappa shape index (κ1) is 14.6. The molecule has 0 atom stereocenters. The molecular formula is C16H13NO3S2. The topological polar surface area (TPSA) is 69.4 Å². The van der Waals surface area contributed by atoms with Crippen LogP contribution in [0.1, 0.15) is 0 Å². The average molecular weight is 331 g/mol. The lowest BCUT2D eigenvalue weighted by molar-refractivity contribution is 0.486. The van der Waals surface area contributed by atoms with E-state index in [1.54, 1.807) is 47.7 Å². The van der Waals surface area contributed by atoms with Crippen LogP contribution in [0.4, 0.5) is 5.69 Å². The molecule has 0 aliphatic carbocycles. The van der Waals surface area contributed by atoms with Gasteiger partial charge in [0, 0.05) is 11.3 Å². The van der Waals surface area contributed by atoms with Crippen LogP contribution in [0.5, 0.6) is 5.75 Å². The summed E-state index contributed by atoms with van der Waals surface area (Å²) in [6.45, 7) is 0. The third kappa shape index (κ3) is 2.98. The molecule has 0 bridgehead atoms.